The van der Waals surface area contributed by atoms with Gasteiger partial charge in [0.25, 0.3) is 0 Å². The van der Waals surface area contributed by atoms with Gasteiger partial charge in [0.1, 0.15) is 0 Å². The molecule has 0 fully saturated rings. The number of benzene rings is 1. The van der Waals surface area contributed by atoms with Crippen molar-refractivity contribution in [2.75, 3.05) is 0 Å². The van der Waals surface area contributed by atoms with E-state index in [1.165, 1.54) is 0 Å². The summed E-state index contributed by atoms with van der Waals surface area (Å²) in [6.07, 6.45) is 0.615. The Morgan fingerprint density at radius 3 is 2.76 bits per heavy atom. The molecule has 0 saturated heterocycles. The molecule has 0 spiro atoms. The van der Waals surface area contributed by atoms with Crippen LogP contribution in [0.1, 0.15) is 38.8 Å². The topological polar surface area (TPSA) is 55.1 Å². The van der Waals surface area contributed by atoms with E-state index in [-0.39, 0.29) is 11.9 Å². The van der Waals surface area contributed by atoms with Crippen LogP contribution in [0, 0.1) is 0 Å². The van der Waals surface area contributed by atoms with E-state index in [4.69, 9.17) is 5.73 Å². The molecule has 0 aliphatic carbocycles. The quantitative estimate of drug-likeness (QED) is 0.898. The molecule has 3 N–H and O–H groups in total. The zero-order valence-corrected chi connectivity index (χ0v) is 12.0. The molecule has 0 saturated carbocycles. The lowest BCUT2D eigenvalue weighted by Crippen LogP contribution is -2.51. The Balaban J connectivity index is 2.73. The van der Waals surface area contributed by atoms with E-state index in [2.05, 4.69) is 21.2 Å². The molecule has 1 aromatic carbocycles. The highest BCUT2D eigenvalue weighted by molar-refractivity contribution is 9.10. The number of halogens is 1. The molecule has 4 heteroatoms. The number of hydrogen-bond acceptors (Lipinski definition) is 2. The Kier molecular flexibility index (Phi) is 4.71. The maximum atomic E-state index is 11.9. The van der Waals surface area contributed by atoms with Crippen LogP contribution in [0.5, 0.6) is 0 Å². The lowest BCUT2D eigenvalue weighted by Gasteiger charge is -2.24. The molecule has 1 amide bonds. The van der Waals surface area contributed by atoms with Gasteiger partial charge in [-0.1, -0.05) is 35.0 Å². The Morgan fingerprint density at radius 1 is 1.59 bits per heavy atom. The molecule has 0 aliphatic heterocycles. The van der Waals surface area contributed by atoms with Gasteiger partial charge in [0.05, 0.1) is 11.6 Å². The molecular formula is C13H19BrN2O. The minimum Gasteiger partial charge on any atom is -0.348 e. The Labute approximate surface area is 111 Å². The Morgan fingerprint density at radius 2 is 2.24 bits per heavy atom. The first-order chi connectivity index (χ1) is 7.86. The third-order valence-electron chi connectivity index (χ3n) is 2.95. The first-order valence-corrected chi connectivity index (χ1v) is 6.51. The second kappa shape index (κ2) is 5.65. The van der Waals surface area contributed by atoms with Gasteiger partial charge in [-0.3, -0.25) is 4.79 Å². The van der Waals surface area contributed by atoms with Crippen molar-refractivity contribution in [3.05, 3.63) is 34.3 Å². The molecule has 0 bridgehead atoms. The first-order valence-electron chi connectivity index (χ1n) is 5.72. The number of carbonyl (C=O) groups is 1. The fourth-order valence-electron chi connectivity index (χ4n) is 1.38. The van der Waals surface area contributed by atoms with Gasteiger partial charge in [-0.05, 0) is 38.0 Å². The smallest absolute Gasteiger partial charge is 0.240 e. The van der Waals surface area contributed by atoms with Crippen molar-refractivity contribution in [2.45, 2.75) is 38.8 Å². The molecule has 0 heterocycles. The SMILES string of the molecule is CCC(C)(N)C(=O)NC(C)c1cccc(Br)c1. The van der Waals surface area contributed by atoms with E-state index in [0.717, 1.165) is 10.0 Å². The second-order valence-electron chi connectivity index (χ2n) is 4.52. The summed E-state index contributed by atoms with van der Waals surface area (Å²) in [5, 5.41) is 2.93. The molecule has 2 unspecified atom stereocenters. The van der Waals surface area contributed by atoms with Gasteiger partial charge in [0.15, 0.2) is 0 Å². The van der Waals surface area contributed by atoms with Crippen molar-refractivity contribution in [1.29, 1.82) is 0 Å². The molecule has 1 aromatic rings. The van der Waals surface area contributed by atoms with Crippen LogP contribution in [-0.2, 0) is 4.79 Å². The summed E-state index contributed by atoms with van der Waals surface area (Å²) in [5.74, 6) is -0.118. The summed E-state index contributed by atoms with van der Waals surface area (Å²) in [7, 11) is 0. The van der Waals surface area contributed by atoms with Gasteiger partial charge in [0, 0.05) is 4.47 Å². The van der Waals surface area contributed by atoms with Crippen molar-refractivity contribution in [3.8, 4) is 0 Å². The molecular weight excluding hydrogens is 280 g/mol. The van der Waals surface area contributed by atoms with E-state index in [1.54, 1.807) is 6.92 Å². The van der Waals surface area contributed by atoms with Crippen LogP contribution in [0.15, 0.2) is 28.7 Å². The third kappa shape index (κ3) is 3.82. The molecule has 0 radical (unpaired) electrons. The monoisotopic (exact) mass is 298 g/mol. The summed E-state index contributed by atoms with van der Waals surface area (Å²) in [6.45, 7) is 5.60. The summed E-state index contributed by atoms with van der Waals surface area (Å²) in [5.41, 5.74) is 6.14. The summed E-state index contributed by atoms with van der Waals surface area (Å²) in [4.78, 5) is 11.9. The van der Waals surface area contributed by atoms with Gasteiger partial charge < -0.3 is 11.1 Å². The minimum atomic E-state index is -0.805. The van der Waals surface area contributed by atoms with E-state index >= 15 is 0 Å². The largest absolute Gasteiger partial charge is 0.348 e. The van der Waals surface area contributed by atoms with Gasteiger partial charge >= 0.3 is 0 Å². The predicted molar refractivity (Wildman–Crippen MR) is 73.6 cm³/mol. The average molecular weight is 299 g/mol. The number of hydrogen-bond donors (Lipinski definition) is 2. The number of amides is 1. The molecule has 1 rings (SSSR count). The summed E-state index contributed by atoms with van der Waals surface area (Å²) < 4.78 is 1.00. The lowest BCUT2D eigenvalue weighted by molar-refractivity contribution is -0.126. The standard InChI is InChI=1S/C13H19BrN2O/c1-4-13(3,15)12(17)16-9(2)10-6-5-7-11(14)8-10/h5-9H,4,15H2,1-3H3,(H,16,17). The fraction of sp³-hybridized carbons (Fsp3) is 0.462. The number of carbonyl (C=O) groups excluding carboxylic acids is 1. The van der Waals surface area contributed by atoms with Crippen molar-refractivity contribution >= 4 is 21.8 Å². The van der Waals surface area contributed by atoms with Gasteiger partial charge in [-0.15, -0.1) is 0 Å². The maximum Gasteiger partial charge on any atom is 0.240 e. The van der Waals surface area contributed by atoms with Crippen molar-refractivity contribution in [1.82, 2.24) is 5.32 Å². The van der Waals surface area contributed by atoms with Crippen LogP contribution in [0.2, 0.25) is 0 Å². The Bertz CT molecular complexity index is 404. The second-order valence-corrected chi connectivity index (χ2v) is 5.44. The predicted octanol–water partition coefficient (Wildman–Crippen LogP) is 2.75. The van der Waals surface area contributed by atoms with Crippen LogP contribution >= 0.6 is 15.9 Å². The molecule has 17 heavy (non-hydrogen) atoms. The van der Waals surface area contributed by atoms with Gasteiger partial charge in [-0.2, -0.15) is 0 Å². The zero-order valence-electron chi connectivity index (χ0n) is 10.5. The van der Waals surface area contributed by atoms with E-state index in [9.17, 15) is 4.79 Å². The fourth-order valence-corrected chi connectivity index (χ4v) is 1.80. The van der Waals surface area contributed by atoms with Crippen LogP contribution in [0.25, 0.3) is 0 Å². The molecule has 0 aromatic heterocycles. The summed E-state index contributed by atoms with van der Waals surface area (Å²) in [6, 6.07) is 7.83. The number of nitrogens with two attached hydrogens (primary N) is 1. The van der Waals surface area contributed by atoms with Crippen LogP contribution in [-0.4, -0.2) is 11.4 Å². The molecule has 3 nitrogen and oxygen atoms in total. The number of rotatable bonds is 4. The van der Waals surface area contributed by atoms with E-state index < -0.39 is 5.54 Å². The number of nitrogens with one attached hydrogen (secondary N) is 1. The van der Waals surface area contributed by atoms with Crippen molar-refractivity contribution in [3.63, 3.8) is 0 Å². The highest BCUT2D eigenvalue weighted by Crippen LogP contribution is 2.18. The molecule has 94 valence electrons. The normalized spacial score (nSPS) is 16.1. The van der Waals surface area contributed by atoms with E-state index in [0.29, 0.717) is 6.42 Å². The van der Waals surface area contributed by atoms with Gasteiger partial charge in [0.2, 0.25) is 5.91 Å². The molecule has 2 atom stereocenters. The third-order valence-corrected chi connectivity index (χ3v) is 3.44. The lowest BCUT2D eigenvalue weighted by atomic mass is 9.98. The van der Waals surface area contributed by atoms with Gasteiger partial charge in [-0.25, -0.2) is 0 Å². The zero-order chi connectivity index (χ0) is 13.1. The Hall–Kier alpha value is -0.870. The minimum absolute atomic E-state index is 0.0468. The highest BCUT2D eigenvalue weighted by Gasteiger charge is 2.27. The highest BCUT2D eigenvalue weighted by atomic mass is 79.9. The summed E-state index contributed by atoms with van der Waals surface area (Å²) >= 11 is 3.41. The van der Waals surface area contributed by atoms with Crippen molar-refractivity contribution in [2.24, 2.45) is 5.73 Å². The van der Waals surface area contributed by atoms with E-state index in [1.807, 2.05) is 38.1 Å². The molecule has 0 aliphatic rings. The van der Waals surface area contributed by atoms with Crippen LogP contribution in [0.4, 0.5) is 0 Å². The van der Waals surface area contributed by atoms with Crippen LogP contribution in [0.3, 0.4) is 0 Å². The maximum absolute atomic E-state index is 11.9. The average Bonchev–Trinajstić information content (AvgIpc) is 2.28. The van der Waals surface area contributed by atoms with Crippen molar-refractivity contribution < 1.29 is 4.79 Å². The first kappa shape index (κ1) is 14.2. The van der Waals surface area contributed by atoms with Crippen LogP contribution < -0.4 is 11.1 Å².